The molecular weight excluding hydrogens is 372 g/mol. The van der Waals surface area contributed by atoms with E-state index >= 15 is 0 Å². The van der Waals surface area contributed by atoms with Crippen LogP contribution in [0.1, 0.15) is 38.0 Å². The average molecular weight is 393 g/mol. The molecule has 0 radical (unpaired) electrons. The van der Waals surface area contributed by atoms with Gasteiger partial charge in [0.05, 0.1) is 3.79 Å². The number of halogens is 1. The third kappa shape index (κ3) is 3.88. The number of nitrogens with one attached hydrogen (secondary N) is 2. The van der Waals surface area contributed by atoms with Gasteiger partial charge < -0.3 is 5.32 Å². The molecule has 7 heteroatoms. The van der Waals surface area contributed by atoms with E-state index in [-0.39, 0.29) is 5.41 Å². The predicted molar refractivity (Wildman–Crippen MR) is 89.0 cm³/mol. The Bertz CT molecular complexity index is 635. The van der Waals surface area contributed by atoms with Crippen molar-refractivity contribution in [3.63, 3.8) is 0 Å². The SMILES string of the molecule is CC1(C)CC1CNS(=O)(=O)c1cc(CNC2CC2)sc1Br. The first-order valence-corrected chi connectivity index (χ1v) is 10.4. The van der Waals surface area contributed by atoms with Crippen LogP contribution in [0.5, 0.6) is 0 Å². The summed E-state index contributed by atoms with van der Waals surface area (Å²) in [6.45, 7) is 5.63. The second-order valence-electron chi connectivity index (χ2n) is 6.75. The van der Waals surface area contributed by atoms with Crippen LogP contribution in [-0.2, 0) is 16.6 Å². The van der Waals surface area contributed by atoms with Crippen molar-refractivity contribution in [3.8, 4) is 0 Å². The lowest BCUT2D eigenvalue weighted by Gasteiger charge is -2.07. The van der Waals surface area contributed by atoms with Gasteiger partial charge in [0.15, 0.2) is 0 Å². The van der Waals surface area contributed by atoms with Crippen LogP contribution in [-0.4, -0.2) is 21.0 Å². The Kier molecular flexibility index (Phi) is 4.25. The minimum atomic E-state index is -3.41. The average Bonchev–Trinajstić information content (AvgIpc) is 3.27. The summed E-state index contributed by atoms with van der Waals surface area (Å²) in [7, 11) is -3.41. The molecule has 21 heavy (non-hydrogen) atoms. The maximum atomic E-state index is 12.4. The molecule has 1 heterocycles. The van der Waals surface area contributed by atoms with Gasteiger partial charge >= 0.3 is 0 Å². The van der Waals surface area contributed by atoms with Crippen molar-refractivity contribution in [2.24, 2.45) is 11.3 Å². The Hall–Kier alpha value is 0.0500. The highest BCUT2D eigenvalue weighted by Gasteiger charge is 2.45. The number of thiophene rings is 1. The van der Waals surface area contributed by atoms with Crippen molar-refractivity contribution in [1.29, 1.82) is 0 Å². The van der Waals surface area contributed by atoms with Gasteiger partial charge in [0, 0.05) is 24.0 Å². The lowest BCUT2D eigenvalue weighted by Crippen LogP contribution is -2.26. The van der Waals surface area contributed by atoms with Crippen LogP contribution in [0.15, 0.2) is 14.7 Å². The van der Waals surface area contributed by atoms with Crippen LogP contribution < -0.4 is 10.0 Å². The highest BCUT2D eigenvalue weighted by atomic mass is 79.9. The standard InChI is InChI=1S/C14H21BrN2O2S2/c1-14(2)6-9(14)7-17-21(18,19)12-5-11(20-13(12)15)8-16-10-3-4-10/h5,9-10,16-17H,3-4,6-8H2,1-2H3. The van der Waals surface area contributed by atoms with Gasteiger partial charge in [0.1, 0.15) is 4.90 Å². The zero-order valence-electron chi connectivity index (χ0n) is 12.3. The molecule has 118 valence electrons. The zero-order valence-corrected chi connectivity index (χ0v) is 15.5. The van der Waals surface area contributed by atoms with E-state index in [1.54, 1.807) is 6.07 Å². The molecule has 2 aliphatic rings. The normalized spacial score (nSPS) is 24.2. The molecular formula is C14H21BrN2O2S2. The third-order valence-corrected chi connectivity index (χ3v) is 8.05. The summed E-state index contributed by atoms with van der Waals surface area (Å²) < 4.78 is 28.3. The maximum Gasteiger partial charge on any atom is 0.242 e. The Morgan fingerprint density at radius 3 is 2.67 bits per heavy atom. The van der Waals surface area contributed by atoms with Crippen molar-refractivity contribution in [2.45, 2.75) is 50.6 Å². The van der Waals surface area contributed by atoms with Gasteiger partial charge in [-0.25, -0.2) is 13.1 Å². The molecule has 0 bridgehead atoms. The topological polar surface area (TPSA) is 58.2 Å². The van der Waals surface area contributed by atoms with Gasteiger partial charge in [-0.2, -0.15) is 0 Å². The molecule has 3 rings (SSSR count). The molecule has 1 aromatic heterocycles. The number of rotatable bonds is 7. The largest absolute Gasteiger partial charge is 0.309 e. The molecule has 2 saturated carbocycles. The van der Waals surface area contributed by atoms with Crippen molar-refractivity contribution in [3.05, 3.63) is 14.7 Å². The van der Waals surface area contributed by atoms with Crippen LogP contribution in [0.2, 0.25) is 0 Å². The third-order valence-electron chi connectivity index (χ3n) is 4.38. The summed E-state index contributed by atoms with van der Waals surface area (Å²) in [6, 6.07) is 2.41. The van der Waals surface area contributed by atoms with Gasteiger partial charge in [-0.15, -0.1) is 11.3 Å². The van der Waals surface area contributed by atoms with Crippen LogP contribution in [0.25, 0.3) is 0 Å². The summed E-state index contributed by atoms with van der Waals surface area (Å²) in [6.07, 6.45) is 3.56. The molecule has 4 nitrogen and oxygen atoms in total. The van der Waals surface area contributed by atoms with E-state index in [4.69, 9.17) is 0 Å². The molecule has 1 unspecified atom stereocenters. The smallest absolute Gasteiger partial charge is 0.242 e. The lowest BCUT2D eigenvalue weighted by atomic mass is 10.1. The van der Waals surface area contributed by atoms with Crippen molar-refractivity contribution in [1.82, 2.24) is 10.0 Å². The fraction of sp³-hybridized carbons (Fsp3) is 0.714. The van der Waals surface area contributed by atoms with E-state index in [1.807, 2.05) is 0 Å². The highest BCUT2D eigenvalue weighted by molar-refractivity contribution is 9.11. The number of sulfonamides is 1. The van der Waals surface area contributed by atoms with E-state index < -0.39 is 10.0 Å². The van der Waals surface area contributed by atoms with Crippen LogP contribution in [0, 0.1) is 11.3 Å². The van der Waals surface area contributed by atoms with E-state index in [2.05, 4.69) is 39.8 Å². The van der Waals surface area contributed by atoms with Gasteiger partial charge in [-0.3, -0.25) is 0 Å². The zero-order chi connectivity index (χ0) is 15.3. The minimum absolute atomic E-state index is 0.285. The first kappa shape index (κ1) is 15.9. The monoisotopic (exact) mass is 392 g/mol. The summed E-state index contributed by atoms with van der Waals surface area (Å²) >= 11 is 4.89. The van der Waals surface area contributed by atoms with E-state index in [1.165, 1.54) is 24.2 Å². The molecule has 0 amide bonds. The van der Waals surface area contributed by atoms with Gasteiger partial charge in [-0.05, 0) is 52.6 Å². The lowest BCUT2D eigenvalue weighted by molar-refractivity contribution is 0.537. The maximum absolute atomic E-state index is 12.4. The second kappa shape index (κ2) is 5.60. The Morgan fingerprint density at radius 1 is 1.43 bits per heavy atom. The minimum Gasteiger partial charge on any atom is -0.309 e. The van der Waals surface area contributed by atoms with Crippen molar-refractivity contribution >= 4 is 37.3 Å². The molecule has 2 aliphatic carbocycles. The fourth-order valence-electron chi connectivity index (χ4n) is 2.41. The summed E-state index contributed by atoms with van der Waals surface area (Å²) in [5.41, 5.74) is 0.285. The van der Waals surface area contributed by atoms with Crippen LogP contribution in [0.3, 0.4) is 0 Å². The van der Waals surface area contributed by atoms with E-state index in [0.29, 0.717) is 27.2 Å². The molecule has 0 aliphatic heterocycles. The summed E-state index contributed by atoms with van der Waals surface area (Å²) in [4.78, 5) is 1.43. The van der Waals surface area contributed by atoms with Crippen LogP contribution in [0.4, 0.5) is 0 Å². The van der Waals surface area contributed by atoms with Crippen molar-refractivity contribution in [2.75, 3.05) is 6.54 Å². The van der Waals surface area contributed by atoms with Gasteiger partial charge in [0.25, 0.3) is 0 Å². The Balaban J connectivity index is 1.63. The van der Waals surface area contributed by atoms with Gasteiger partial charge in [-0.1, -0.05) is 13.8 Å². The first-order chi connectivity index (χ1) is 9.78. The first-order valence-electron chi connectivity index (χ1n) is 7.29. The van der Waals surface area contributed by atoms with Crippen molar-refractivity contribution < 1.29 is 8.42 Å². The predicted octanol–water partition coefficient (Wildman–Crippen LogP) is 3.09. The fourth-order valence-corrected chi connectivity index (χ4v) is 6.13. The van der Waals surface area contributed by atoms with Gasteiger partial charge in [0.2, 0.25) is 10.0 Å². The molecule has 0 spiro atoms. The molecule has 0 saturated heterocycles. The molecule has 0 aromatic carbocycles. The molecule has 1 atom stereocenters. The Morgan fingerprint density at radius 2 is 2.10 bits per heavy atom. The summed E-state index contributed by atoms with van der Waals surface area (Å²) in [5, 5.41) is 3.41. The second-order valence-corrected chi connectivity index (χ2v) is 10.9. The number of hydrogen-bond acceptors (Lipinski definition) is 4. The van der Waals surface area contributed by atoms with E-state index in [9.17, 15) is 8.42 Å². The number of hydrogen-bond donors (Lipinski definition) is 2. The molecule has 2 N–H and O–H groups in total. The van der Waals surface area contributed by atoms with Crippen LogP contribution >= 0.6 is 27.3 Å². The highest BCUT2D eigenvalue weighted by Crippen LogP contribution is 2.51. The summed E-state index contributed by atoms with van der Waals surface area (Å²) in [5.74, 6) is 0.459. The Labute approximate surface area is 138 Å². The quantitative estimate of drug-likeness (QED) is 0.749. The molecule has 1 aromatic rings. The van der Waals surface area contributed by atoms with E-state index in [0.717, 1.165) is 17.8 Å². The molecule has 2 fully saturated rings.